The number of hydrogen-bond acceptors (Lipinski definition) is 2. The highest BCUT2D eigenvalue weighted by Gasteiger charge is 2.12. The molecule has 3 heteroatoms. The first-order valence-corrected chi connectivity index (χ1v) is 4.37. The van der Waals surface area contributed by atoms with Crippen molar-refractivity contribution in [3.8, 4) is 0 Å². The van der Waals surface area contributed by atoms with Crippen molar-refractivity contribution in [1.29, 1.82) is 0 Å². The lowest BCUT2D eigenvalue weighted by Crippen LogP contribution is -2.26. The molecule has 0 saturated carbocycles. The van der Waals surface area contributed by atoms with E-state index in [1.54, 1.807) is 0 Å². The Labute approximate surface area is 73.5 Å². The highest BCUT2D eigenvalue weighted by atomic mass is 35.5. The van der Waals surface area contributed by atoms with Gasteiger partial charge in [-0.25, -0.2) is 0 Å². The minimum Gasteiger partial charge on any atom is -0.391 e. The molecule has 0 aliphatic heterocycles. The zero-order valence-electron chi connectivity index (χ0n) is 7.43. The van der Waals surface area contributed by atoms with Crippen LogP contribution in [-0.2, 0) is 4.74 Å². The van der Waals surface area contributed by atoms with Gasteiger partial charge in [0.05, 0.1) is 18.3 Å². The Morgan fingerprint density at radius 1 is 1.45 bits per heavy atom. The average molecular weight is 181 g/mol. The standard InChI is InChI=1S/C8H17ClO2/c1-8(2,3)11-6-7(10)4-5-9/h7,10H,4-6H2,1-3H3. The molecule has 0 aromatic carbocycles. The summed E-state index contributed by atoms with van der Waals surface area (Å²) >= 11 is 5.43. The van der Waals surface area contributed by atoms with Crippen molar-refractivity contribution in [2.24, 2.45) is 0 Å². The molecule has 0 spiro atoms. The van der Waals surface area contributed by atoms with Gasteiger partial charge in [0.15, 0.2) is 0 Å². The maximum absolute atomic E-state index is 9.20. The van der Waals surface area contributed by atoms with Crippen molar-refractivity contribution in [2.45, 2.75) is 38.9 Å². The smallest absolute Gasteiger partial charge is 0.0785 e. The molecule has 2 nitrogen and oxygen atoms in total. The fraction of sp³-hybridized carbons (Fsp3) is 1.00. The van der Waals surface area contributed by atoms with Crippen LogP contribution < -0.4 is 0 Å². The van der Waals surface area contributed by atoms with Gasteiger partial charge in [-0.2, -0.15) is 0 Å². The van der Waals surface area contributed by atoms with Gasteiger partial charge in [-0.15, -0.1) is 11.6 Å². The molecule has 0 aromatic heterocycles. The van der Waals surface area contributed by atoms with Crippen LogP contribution in [0.15, 0.2) is 0 Å². The number of halogens is 1. The lowest BCUT2D eigenvalue weighted by Gasteiger charge is -2.21. The number of aliphatic hydroxyl groups excluding tert-OH is 1. The van der Waals surface area contributed by atoms with E-state index in [4.69, 9.17) is 16.3 Å². The predicted molar refractivity (Wildman–Crippen MR) is 47.0 cm³/mol. The molecule has 11 heavy (non-hydrogen) atoms. The molecule has 0 radical (unpaired) electrons. The topological polar surface area (TPSA) is 29.5 Å². The van der Waals surface area contributed by atoms with E-state index in [2.05, 4.69) is 0 Å². The Hall–Kier alpha value is 0.210. The second-order valence-electron chi connectivity index (χ2n) is 3.55. The zero-order chi connectivity index (χ0) is 8.91. The Morgan fingerprint density at radius 3 is 2.36 bits per heavy atom. The lowest BCUT2D eigenvalue weighted by atomic mass is 10.2. The highest BCUT2D eigenvalue weighted by molar-refractivity contribution is 6.17. The van der Waals surface area contributed by atoms with Gasteiger partial charge in [0.25, 0.3) is 0 Å². The molecule has 0 bridgehead atoms. The summed E-state index contributed by atoms with van der Waals surface area (Å²) in [4.78, 5) is 0. The van der Waals surface area contributed by atoms with Crippen molar-refractivity contribution in [3.63, 3.8) is 0 Å². The summed E-state index contributed by atoms with van der Waals surface area (Å²) < 4.78 is 5.34. The fourth-order valence-electron chi connectivity index (χ4n) is 0.555. The first-order valence-electron chi connectivity index (χ1n) is 3.83. The third-order valence-corrected chi connectivity index (χ3v) is 1.37. The van der Waals surface area contributed by atoms with Crippen LogP contribution in [0.4, 0.5) is 0 Å². The molecule has 0 aliphatic carbocycles. The van der Waals surface area contributed by atoms with E-state index in [1.165, 1.54) is 0 Å². The summed E-state index contributed by atoms with van der Waals surface area (Å²) in [5.74, 6) is 0.481. The van der Waals surface area contributed by atoms with Crippen LogP contribution in [-0.4, -0.2) is 29.3 Å². The Morgan fingerprint density at radius 2 is 2.00 bits per heavy atom. The number of aliphatic hydroxyl groups is 1. The lowest BCUT2D eigenvalue weighted by molar-refractivity contribution is -0.0490. The molecule has 0 amide bonds. The van der Waals surface area contributed by atoms with Crippen LogP contribution in [0.5, 0.6) is 0 Å². The third-order valence-electron chi connectivity index (χ3n) is 1.15. The molecule has 68 valence electrons. The van der Waals surface area contributed by atoms with Crippen molar-refractivity contribution in [3.05, 3.63) is 0 Å². The predicted octanol–water partition coefficient (Wildman–Crippen LogP) is 1.79. The number of alkyl halides is 1. The zero-order valence-corrected chi connectivity index (χ0v) is 8.19. The van der Waals surface area contributed by atoms with E-state index in [0.717, 1.165) is 0 Å². The molecular weight excluding hydrogens is 164 g/mol. The van der Waals surface area contributed by atoms with E-state index in [1.807, 2.05) is 20.8 Å². The van der Waals surface area contributed by atoms with Gasteiger partial charge in [-0.05, 0) is 27.2 Å². The van der Waals surface area contributed by atoms with Crippen molar-refractivity contribution < 1.29 is 9.84 Å². The normalized spacial score (nSPS) is 15.0. The molecule has 1 atom stereocenters. The third kappa shape index (κ3) is 8.11. The van der Waals surface area contributed by atoms with Crippen molar-refractivity contribution >= 4 is 11.6 Å². The molecule has 1 N–H and O–H groups in total. The molecule has 0 heterocycles. The van der Waals surface area contributed by atoms with Gasteiger partial charge in [-0.1, -0.05) is 0 Å². The van der Waals surface area contributed by atoms with Crippen LogP contribution in [0.2, 0.25) is 0 Å². The van der Waals surface area contributed by atoms with Crippen LogP contribution in [0.3, 0.4) is 0 Å². The summed E-state index contributed by atoms with van der Waals surface area (Å²) in [6, 6.07) is 0. The Balaban J connectivity index is 3.38. The summed E-state index contributed by atoms with van der Waals surface area (Å²) in [5, 5.41) is 9.20. The molecule has 1 unspecified atom stereocenters. The van der Waals surface area contributed by atoms with Gasteiger partial charge < -0.3 is 9.84 Å². The minimum absolute atomic E-state index is 0.173. The first kappa shape index (κ1) is 11.2. The second kappa shape index (κ2) is 4.96. The first-order chi connectivity index (χ1) is 4.95. The Bertz CT molecular complexity index is 98.8. The molecule has 0 aliphatic rings. The van der Waals surface area contributed by atoms with E-state index in [0.29, 0.717) is 18.9 Å². The summed E-state index contributed by atoms with van der Waals surface area (Å²) in [6.45, 7) is 6.25. The van der Waals surface area contributed by atoms with E-state index in [9.17, 15) is 5.11 Å². The molecule has 0 fully saturated rings. The van der Waals surface area contributed by atoms with Gasteiger partial charge >= 0.3 is 0 Å². The maximum atomic E-state index is 9.20. The number of ether oxygens (including phenoxy) is 1. The summed E-state index contributed by atoms with van der Waals surface area (Å²) in [5.41, 5.74) is -0.173. The van der Waals surface area contributed by atoms with Crippen molar-refractivity contribution in [2.75, 3.05) is 12.5 Å². The van der Waals surface area contributed by atoms with Crippen molar-refractivity contribution in [1.82, 2.24) is 0 Å². The van der Waals surface area contributed by atoms with Crippen LogP contribution >= 0.6 is 11.6 Å². The van der Waals surface area contributed by atoms with Gasteiger partial charge in [0, 0.05) is 5.88 Å². The molecule has 0 rings (SSSR count). The van der Waals surface area contributed by atoms with Gasteiger partial charge in [-0.3, -0.25) is 0 Å². The quantitative estimate of drug-likeness (QED) is 0.669. The molecule has 0 aromatic rings. The van der Waals surface area contributed by atoms with E-state index >= 15 is 0 Å². The van der Waals surface area contributed by atoms with Crippen LogP contribution in [0.1, 0.15) is 27.2 Å². The monoisotopic (exact) mass is 180 g/mol. The van der Waals surface area contributed by atoms with Crippen LogP contribution in [0, 0.1) is 0 Å². The minimum atomic E-state index is -0.424. The Kier molecular flexibility index (Phi) is 5.06. The van der Waals surface area contributed by atoms with Gasteiger partial charge in [0.2, 0.25) is 0 Å². The summed E-state index contributed by atoms with van der Waals surface area (Å²) in [7, 11) is 0. The van der Waals surface area contributed by atoms with E-state index < -0.39 is 6.10 Å². The summed E-state index contributed by atoms with van der Waals surface area (Å²) in [6.07, 6.45) is 0.171. The van der Waals surface area contributed by atoms with Crippen LogP contribution in [0.25, 0.3) is 0 Å². The highest BCUT2D eigenvalue weighted by Crippen LogP contribution is 2.08. The largest absolute Gasteiger partial charge is 0.391 e. The van der Waals surface area contributed by atoms with Gasteiger partial charge in [0.1, 0.15) is 0 Å². The average Bonchev–Trinajstić information content (AvgIpc) is 1.83. The number of rotatable bonds is 4. The maximum Gasteiger partial charge on any atom is 0.0785 e. The molecular formula is C8H17ClO2. The molecule has 0 saturated heterocycles. The second-order valence-corrected chi connectivity index (χ2v) is 3.93. The van der Waals surface area contributed by atoms with E-state index in [-0.39, 0.29) is 5.60 Å². The fourth-order valence-corrected chi connectivity index (χ4v) is 0.807. The number of hydrogen-bond donors (Lipinski definition) is 1. The SMILES string of the molecule is CC(C)(C)OCC(O)CCCl.